The van der Waals surface area contributed by atoms with Crippen LogP contribution in [0.2, 0.25) is 0 Å². The zero-order chi connectivity index (χ0) is 13.7. The zero-order valence-corrected chi connectivity index (χ0v) is 13.3. The van der Waals surface area contributed by atoms with Crippen molar-refractivity contribution in [3.05, 3.63) is 57.7 Å². The molecule has 0 amide bonds. The van der Waals surface area contributed by atoms with Crippen molar-refractivity contribution in [1.82, 2.24) is 0 Å². The number of nitrogens with one attached hydrogen (secondary N) is 1. The number of anilines is 1. The van der Waals surface area contributed by atoms with Crippen LogP contribution < -0.4 is 10.1 Å². The first-order valence-electron chi connectivity index (χ1n) is 6.39. The molecule has 0 saturated heterocycles. The number of hydrogen-bond donors (Lipinski definition) is 1. The molecular formula is C16H18INO. The van der Waals surface area contributed by atoms with Gasteiger partial charge in [-0.2, -0.15) is 0 Å². The molecule has 19 heavy (non-hydrogen) atoms. The molecule has 0 saturated carbocycles. The molecule has 0 unspecified atom stereocenters. The average molecular weight is 367 g/mol. The second kappa shape index (κ2) is 6.80. The highest BCUT2D eigenvalue weighted by Crippen LogP contribution is 2.21. The van der Waals surface area contributed by atoms with Gasteiger partial charge in [0.2, 0.25) is 0 Å². The van der Waals surface area contributed by atoms with Gasteiger partial charge in [0.15, 0.2) is 0 Å². The van der Waals surface area contributed by atoms with E-state index in [2.05, 4.69) is 58.2 Å². The smallest absolute Gasteiger partial charge is 0.124 e. The minimum atomic E-state index is 0.194. The van der Waals surface area contributed by atoms with Crippen molar-refractivity contribution in [2.24, 2.45) is 0 Å². The summed E-state index contributed by atoms with van der Waals surface area (Å²) in [6.07, 6.45) is 0.194. The standard InChI is InChI=1S/C16H18INO/c1-12(2)19-16-6-4-3-5-13(16)11-18-15-9-7-14(17)8-10-15/h3-10,12,18H,11H2,1-2H3. The third-order valence-corrected chi connectivity index (χ3v) is 3.38. The highest BCUT2D eigenvalue weighted by atomic mass is 127. The van der Waals surface area contributed by atoms with Crippen LogP contribution in [0.25, 0.3) is 0 Å². The summed E-state index contributed by atoms with van der Waals surface area (Å²) >= 11 is 2.31. The van der Waals surface area contributed by atoms with E-state index in [1.54, 1.807) is 0 Å². The maximum absolute atomic E-state index is 5.81. The van der Waals surface area contributed by atoms with E-state index in [0.29, 0.717) is 0 Å². The molecule has 0 aliphatic carbocycles. The summed E-state index contributed by atoms with van der Waals surface area (Å²) < 4.78 is 7.05. The number of halogens is 1. The van der Waals surface area contributed by atoms with Crippen molar-refractivity contribution in [2.45, 2.75) is 26.5 Å². The van der Waals surface area contributed by atoms with E-state index in [1.165, 1.54) is 9.13 Å². The molecular weight excluding hydrogens is 349 g/mol. The number of hydrogen-bond acceptors (Lipinski definition) is 2. The Bertz CT molecular complexity index is 523. The summed E-state index contributed by atoms with van der Waals surface area (Å²) in [7, 11) is 0. The van der Waals surface area contributed by atoms with Gasteiger partial charge in [0, 0.05) is 21.4 Å². The van der Waals surface area contributed by atoms with Gasteiger partial charge in [0.25, 0.3) is 0 Å². The monoisotopic (exact) mass is 367 g/mol. The van der Waals surface area contributed by atoms with Gasteiger partial charge in [0.1, 0.15) is 5.75 Å². The van der Waals surface area contributed by atoms with Gasteiger partial charge in [-0.3, -0.25) is 0 Å². The minimum absolute atomic E-state index is 0.194. The summed E-state index contributed by atoms with van der Waals surface area (Å²) in [5.41, 5.74) is 2.30. The summed E-state index contributed by atoms with van der Waals surface area (Å²) in [4.78, 5) is 0. The van der Waals surface area contributed by atoms with Gasteiger partial charge >= 0.3 is 0 Å². The molecule has 2 aromatic carbocycles. The summed E-state index contributed by atoms with van der Waals surface area (Å²) in [5.74, 6) is 0.954. The van der Waals surface area contributed by atoms with Crippen LogP contribution in [0.15, 0.2) is 48.5 Å². The lowest BCUT2D eigenvalue weighted by molar-refractivity contribution is 0.240. The summed E-state index contributed by atoms with van der Waals surface area (Å²) in [6, 6.07) is 16.5. The Kier molecular flexibility index (Phi) is 5.07. The number of ether oxygens (including phenoxy) is 1. The Balaban J connectivity index is 2.04. The van der Waals surface area contributed by atoms with E-state index in [9.17, 15) is 0 Å². The molecule has 0 radical (unpaired) electrons. The van der Waals surface area contributed by atoms with Crippen LogP contribution in [0.4, 0.5) is 5.69 Å². The van der Waals surface area contributed by atoms with Gasteiger partial charge in [-0.25, -0.2) is 0 Å². The molecule has 0 heterocycles. The van der Waals surface area contributed by atoms with Gasteiger partial charge in [-0.1, -0.05) is 18.2 Å². The van der Waals surface area contributed by atoms with E-state index < -0.39 is 0 Å². The first-order valence-corrected chi connectivity index (χ1v) is 7.47. The lowest BCUT2D eigenvalue weighted by atomic mass is 10.2. The Morgan fingerprint density at radius 1 is 1.05 bits per heavy atom. The molecule has 0 atom stereocenters. The Hall–Kier alpha value is -1.23. The Morgan fingerprint density at radius 2 is 1.74 bits per heavy atom. The quantitative estimate of drug-likeness (QED) is 0.775. The maximum Gasteiger partial charge on any atom is 0.124 e. The fourth-order valence-electron chi connectivity index (χ4n) is 1.78. The van der Waals surface area contributed by atoms with E-state index in [-0.39, 0.29) is 6.10 Å². The van der Waals surface area contributed by atoms with Crippen molar-refractivity contribution in [3.8, 4) is 5.75 Å². The average Bonchev–Trinajstić information content (AvgIpc) is 2.39. The van der Waals surface area contributed by atoms with Crippen molar-refractivity contribution >= 4 is 28.3 Å². The van der Waals surface area contributed by atoms with Crippen molar-refractivity contribution in [1.29, 1.82) is 0 Å². The normalized spacial score (nSPS) is 10.5. The van der Waals surface area contributed by atoms with Gasteiger partial charge in [0.05, 0.1) is 6.10 Å². The van der Waals surface area contributed by atoms with Gasteiger partial charge in [-0.05, 0) is 66.8 Å². The van der Waals surface area contributed by atoms with Gasteiger partial charge in [-0.15, -0.1) is 0 Å². The first kappa shape index (κ1) is 14.2. The molecule has 0 bridgehead atoms. The molecule has 0 aliphatic heterocycles. The number of benzene rings is 2. The predicted octanol–water partition coefficient (Wildman–Crippen LogP) is 4.69. The van der Waals surface area contributed by atoms with E-state index in [4.69, 9.17) is 4.74 Å². The molecule has 3 heteroatoms. The van der Waals surface area contributed by atoms with Crippen LogP contribution in [0.5, 0.6) is 5.75 Å². The zero-order valence-electron chi connectivity index (χ0n) is 11.2. The maximum atomic E-state index is 5.81. The highest BCUT2D eigenvalue weighted by Gasteiger charge is 2.04. The largest absolute Gasteiger partial charge is 0.491 e. The molecule has 0 aromatic heterocycles. The fraction of sp³-hybridized carbons (Fsp3) is 0.250. The lowest BCUT2D eigenvalue weighted by Crippen LogP contribution is -2.09. The number of para-hydroxylation sites is 1. The van der Waals surface area contributed by atoms with Crippen molar-refractivity contribution in [3.63, 3.8) is 0 Å². The first-order chi connectivity index (χ1) is 9.15. The number of rotatable bonds is 5. The second-order valence-electron chi connectivity index (χ2n) is 4.63. The van der Waals surface area contributed by atoms with Gasteiger partial charge < -0.3 is 10.1 Å². The molecule has 100 valence electrons. The molecule has 2 rings (SSSR count). The molecule has 1 N–H and O–H groups in total. The van der Waals surface area contributed by atoms with Crippen LogP contribution in [0, 0.1) is 3.57 Å². The summed E-state index contributed by atoms with van der Waals surface area (Å²) in [6.45, 7) is 4.86. The van der Waals surface area contributed by atoms with Crippen LogP contribution >= 0.6 is 22.6 Å². The minimum Gasteiger partial charge on any atom is -0.491 e. The Labute approximate surface area is 128 Å². The second-order valence-corrected chi connectivity index (χ2v) is 5.88. The van der Waals surface area contributed by atoms with Crippen molar-refractivity contribution in [2.75, 3.05) is 5.32 Å². The Morgan fingerprint density at radius 3 is 2.42 bits per heavy atom. The van der Waals surface area contributed by atoms with Crippen LogP contribution in [-0.4, -0.2) is 6.10 Å². The SMILES string of the molecule is CC(C)Oc1ccccc1CNc1ccc(I)cc1. The molecule has 0 aliphatic rings. The van der Waals surface area contributed by atoms with Crippen molar-refractivity contribution < 1.29 is 4.74 Å². The topological polar surface area (TPSA) is 21.3 Å². The third kappa shape index (κ3) is 4.42. The highest BCUT2D eigenvalue weighted by molar-refractivity contribution is 14.1. The summed E-state index contributed by atoms with van der Waals surface area (Å²) in [5, 5.41) is 3.42. The fourth-order valence-corrected chi connectivity index (χ4v) is 2.14. The molecule has 2 nitrogen and oxygen atoms in total. The third-order valence-electron chi connectivity index (χ3n) is 2.66. The predicted molar refractivity (Wildman–Crippen MR) is 88.7 cm³/mol. The van der Waals surface area contributed by atoms with E-state index >= 15 is 0 Å². The molecule has 0 fully saturated rings. The molecule has 0 spiro atoms. The lowest BCUT2D eigenvalue weighted by Gasteiger charge is -2.15. The van der Waals surface area contributed by atoms with Crippen LogP contribution in [0.3, 0.4) is 0 Å². The van der Waals surface area contributed by atoms with E-state index in [1.807, 2.05) is 32.0 Å². The van der Waals surface area contributed by atoms with Crippen LogP contribution in [-0.2, 0) is 6.54 Å². The van der Waals surface area contributed by atoms with Crippen LogP contribution in [0.1, 0.15) is 19.4 Å². The van der Waals surface area contributed by atoms with E-state index in [0.717, 1.165) is 18.0 Å². The molecule has 2 aromatic rings.